The molecular weight excluding hydrogens is 537 g/mol. The highest BCUT2D eigenvalue weighted by molar-refractivity contribution is 9.10. The Morgan fingerprint density at radius 1 is 1.40 bits per heavy atom. The van der Waals surface area contributed by atoms with Crippen LogP contribution in [0.1, 0.15) is 12.5 Å². The van der Waals surface area contributed by atoms with Gasteiger partial charge < -0.3 is 24.1 Å². The lowest BCUT2D eigenvalue weighted by atomic mass is 10.1. The van der Waals surface area contributed by atoms with Gasteiger partial charge in [0.2, 0.25) is 12.5 Å². The number of aromatic nitrogens is 3. The molecule has 4 heterocycles. The summed E-state index contributed by atoms with van der Waals surface area (Å²) >= 11 is 9.60. The fourth-order valence-electron chi connectivity index (χ4n) is 5.04. The Morgan fingerprint density at radius 2 is 2.14 bits per heavy atom. The number of anilines is 1. The van der Waals surface area contributed by atoms with Gasteiger partial charge in [0, 0.05) is 31.1 Å². The lowest BCUT2D eigenvalue weighted by Crippen LogP contribution is -2.57. The van der Waals surface area contributed by atoms with Crippen LogP contribution in [0.2, 0.25) is 5.02 Å². The number of fused-ring (bicyclic) bond motifs is 3. The summed E-state index contributed by atoms with van der Waals surface area (Å²) in [6.07, 6.45) is 3.60. The molecule has 3 aromatic rings. The van der Waals surface area contributed by atoms with Crippen molar-refractivity contribution >= 4 is 61.2 Å². The van der Waals surface area contributed by atoms with Gasteiger partial charge in [0.1, 0.15) is 17.1 Å². The highest BCUT2D eigenvalue weighted by atomic mass is 79.9. The number of hydrogen-bond donors (Lipinski definition) is 0. The van der Waals surface area contributed by atoms with E-state index in [2.05, 4.69) is 37.2 Å². The van der Waals surface area contributed by atoms with Crippen LogP contribution in [0.25, 0.3) is 26.8 Å². The number of likely N-dealkylation sites (tertiary alicyclic amines) is 1. The molecular formula is C24H24BrClFN7O. The van der Waals surface area contributed by atoms with Crippen molar-refractivity contribution < 1.29 is 9.18 Å². The van der Waals surface area contributed by atoms with Crippen LogP contribution in [0.4, 0.5) is 10.2 Å². The molecule has 1 amide bonds. The molecule has 35 heavy (non-hydrogen) atoms. The van der Waals surface area contributed by atoms with E-state index < -0.39 is 5.82 Å². The Kier molecular flexibility index (Phi) is 6.20. The summed E-state index contributed by atoms with van der Waals surface area (Å²) in [6.45, 7) is 13.1. The number of carbonyl (C=O) groups is 1. The molecule has 2 aromatic heterocycles. The average Bonchev–Trinajstić information content (AvgIpc) is 3.41. The lowest BCUT2D eigenvalue weighted by molar-refractivity contribution is -0.126. The summed E-state index contributed by atoms with van der Waals surface area (Å²) in [7, 11) is 4.07. The van der Waals surface area contributed by atoms with E-state index in [4.69, 9.17) is 28.1 Å². The Bertz CT molecular complexity index is 1390. The number of pyridine rings is 1. The van der Waals surface area contributed by atoms with Crippen molar-refractivity contribution in [1.29, 1.82) is 0 Å². The van der Waals surface area contributed by atoms with Crippen molar-refractivity contribution in [2.45, 2.75) is 24.5 Å². The maximum Gasteiger partial charge on any atom is 0.246 e. The number of halogens is 3. The second-order valence-electron chi connectivity index (χ2n) is 9.27. The fraction of sp³-hybridized carbons (Fsp3) is 0.417. The second-order valence-corrected chi connectivity index (χ2v) is 10.5. The number of likely N-dealkylation sites (N-methyl/N-ethyl adjacent to an activating group) is 1. The summed E-state index contributed by atoms with van der Waals surface area (Å²) in [5.74, 6) is -0.0906. The molecule has 2 atom stereocenters. The van der Waals surface area contributed by atoms with Gasteiger partial charge in [-0.05, 0) is 48.6 Å². The maximum atomic E-state index is 15.4. The topological polar surface area (TPSA) is 61.9 Å². The second kappa shape index (κ2) is 9.04. The highest BCUT2D eigenvalue weighted by Gasteiger charge is 2.39. The molecule has 8 nitrogen and oxygen atoms in total. The number of hydrogen-bond acceptors (Lipinski definition) is 5. The van der Waals surface area contributed by atoms with Gasteiger partial charge in [-0.15, -0.1) is 0 Å². The molecule has 11 heteroatoms. The van der Waals surface area contributed by atoms with Crippen LogP contribution >= 0.6 is 27.5 Å². The van der Waals surface area contributed by atoms with Crippen molar-refractivity contribution in [3.8, 4) is 0 Å². The zero-order valence-corrected chi connectivity index (χ0v) is 21.7. The molecule has 0 spiro atoms. The van der Waals surface area contributed by atoms with E-state index in [0.29, 0.717) is 35.7 Å². The van der Waals surface area contributed by atoms with Crippen LogP contribution in [-0.2, 0) is 4.79 Å². The van der Waals surface area contributed by atoms with E-state index in [0.717, 1.165) is 18.6 Å². The highest BCUT2D eigenvalue weighted by Crippen LogP contribution is 2.41. The summed E-state index contributed by atoms with van der Waals surface area (Å²) in [5, 5.41) is 0.808. The first-order chi connectivity index (χ1) is 16.7. The average molecular weight is 561 g/mol. The minimum Gasteiger partial charge on any atom is -0.351 e. The van der Waals surface area contributed by atoms with Gasteiger partial charge in [0.05, 0.1) is 27.4 Å². The number of amides is 1. The predicted molar refractivity (Wildman–Crippen MR) is 138 cm³/mol. The third kappa shape index (κ3) is 3.86. The van der Waals surface area contributed by atoms with E-state index in [1.165, 1.54) is 6.08 Å². The lowest BCUT2D eigenvalue weighted by Gasteiger charge is -2.43. The van der Waals surface area contributed by atoms with E-state index in [1.807, 2.05) is 18.7 Å². The largest absolute Gasteiger partial charge is 0.351 e. The molecule has 0 saturated carbocycles. The molecule has 1 aromatic carbocycles. The van der Waals surface area contributed by atoms with Gasteiger partial charge >= 0.3 is 0 Å². The molecule has 0 N–H and O–H groups in total. The molecule has 0 unspecified atom stereocenters. The SMILES string of the molecule is [C-]#[N+]C[C@H]1C[C@@H](n2cnc3c(N4CC(N(C)C)C4)nc4c(F)c(Br)c(Cl)cc4c32)CN1C(=O)C=C. The molecule has 5 rings (SSSR count). The van der Waals surface area contributed by atoms with Crippen molar-refractivity contribution in [3.05, 3.63) is 51.8 Å². The van der Waals surface area contributed by atoms with Crippen LogP contribution in [-0.4, -0.2) is 82.6 Å². The van der Waals surface area contributed by atoms with Gasteiger partial charge in [0.15, 0.2) is 11.6 Å². The van der Waals surface area contributed by atoms with E-state index in [-0.39, 0.29) is 39.5 Å². The molecule has 2 aliphatic heterocycles. The molecule has 0 bridgehead atoms. The Hall–Kier alpha value is -2.74. The van der Waals surface area contributed by atoms with Crippen molar-refractivity contribution in [2.24, 2.45) is 0 Å². The first-order valence-corrected chi connectivity index (χ1v) is 12.4. The van der Waals surface area contributed by atoms with Gasteiger partial charge in [0.25, 0.3) is 0 Å². The Labute approximate surface area is 215 Å². The predicted octanol–water partition coefficient (Wildman–Crippen LogP) is 4.14. The van der Waals surface area contributed by atoms with Crippen LogP contribution in [0.5, 0.6) is 0 Å². The summed E-state index contributed by atoms with van der Waals surface area (Å²) in [6, 6.07) is 1.73. The summed E-state index contributed by atoms with van der Waals surface area (Å²) < 4.78 is 17.6. The van der Waals surface area contributed by atoms with E-state index in [9.17, 15) is 4.79 Å². The molecule has 182 valence electrons. The zero-order valence-electron chi connectivity index (χ0n) is 19.4. The minimum atomic E-state index is -0.520. The van der Waals surface area contributed by atoms with Crippen LogP contribution in [0.15, 0.2) is 29.5 Å². The number of rotatable bonds is 5. The number of imidazole rings is 1. The number of benzene rings is 1. The van der Waals surface area contributed by atoms with Gasteiger partial charge in [-0.25, -0.2) is 20.9 Å². The first-order valence-electron chi connectivity index (χ1n) is 11.3. The third-order valence-corrected chi connectivity index (χ3v) is 8.35. The van der Waals surface area contributed by atoms with E-state index in [1.54, 1.807) is 17.3 Å². The molecule has 2 saturated heterocycles. The Morgan fingerprint density at radius 3 is 2.80 bits per heavy atom. The van der Waals surface area contributed by atoms with Gasteiger partial charge in [-0.2, -0.15) is 0 Å². The molecule has 2 fully saturated rings. The minimum absolute atomic E-state index is 0.134. The zero-order chi connectivity index (χ0) is 25.0. The molecule has 0 aliphatic carbocycles. The van der Waals surface area contributed by atoms with Crippen LogP contribution < -0.4 is 4.90 Å². The smallest absolute Gasteiger partial charge is 0.246 e. The first kappa shape index (κ1) is 24.0. The fourth-order valence-corrected chi connectivity index (χ4v) is 5.53. The van der Waals surface area contributed by atoms with Crippen LogP contribution in [0.3, 0.4) is 0 Å². The molecule has 2 aliphatic rings. The van der Waals surface area contributed by atoms with Crippen molar-refractivity contribution in [3.63, 3.8) is 0 Å². The van der Waals surface area contributed by atoms with E-state index >= 15 is 4.39 Å². The van der Waals surface area contributed by atoms with Crippen molar-refractivity contribution in [2.75, 3.05) is 45.2 Å². The number of nitrogens with zero attached hydrogens (tertiary/aromatic N) is 7. The summed E-state index contributed by atoms with van der Waals surface area (Å²) in [4.78, 5) is 31.4. The third-order valence-electron chi connectivity index (χ3n) is 7.05. The monoisotopic (exact) mass is 559 g/mol. The quantitative estimate of drug-likeness (QED) is 0.267. The number of carbonyl (C=O) groups excluding carboxylic acids is 1. The standard InChI is InChI=1S/C24H24BrClFN7O/c1-5-18(35)33-11-14(6-13(33)8-28-2)34-12-29-22-23(34)16-7-17(26)19(25)20(27)21(16)30-24(22)32-9-15(10-32)31(3)4/h5,7,12-15H,1,6,8-11H2,3-4H3/t13-,14-/m1/s1. The maximum absolute atomic E-state index is 15.4. The van der Waals surface area contributed by atoms with Crippen LogP contribution in [0, 0.1) is 12.4 Å². The van der Waals surface area contributed by atoms with Gasteiger partial charge in [-0.3, -0.25) is 4.79 Å². The van der Waals surface area contributed by atoms with Gasteiger partial charge in [-0.1, -0.05) is 18.2 Å². The summed E-state index contributed by atoms with van der Waals surface area (Å²) in [5.41, 5.74) is 1.61. The Balaban J connectivity index is 1.68. The molecule has 0 radical (unpaired) electrons. The normalized spacial score (nSPS) is 20.6. The van der Waals surface area contributed by atoms with Crippen molar-refractivity contribution in [1.82, 2.24) is 24.3 Å².